The van der Waals surface area contributed by atoms with E-state index >= 15 is 0 Å². The lowest BCUT2D eigenvalue weighted by Gasteiger charge is -2.05. The van der Waals surface area contributed by atoms with Crippen LogP contribution in [0.15, 0.2) is 47.8 Å². The molecule has 0 saturated carbocycles. The summed E-state index contributed by atoms with van der Waals surface area (Å²) in [5.74, 6) is 0.0762. The van der Waals surface area contributed by atoms with Gasteiger partial charge < -0.3 is 5.32 Å². The van der Waals surface area contributed by atoms with Crippen molar-refractivity contribution in [1.29, 1.82) is 0 Å². The van der Waals surface area contributed by atoms with Gasteiger partial charge in [0.1, 0.15) is 0 Å². The molecule has 1 aromatic carbocycles. The van der Waals surface area contributed by atoms with Crippen molar-refractivity contribution < 1.29 is 4.79 Å². The van der Waals surface area contributed by atoms with Gasteiger partial charge in [0.15, 0.2) is 0 Å². The van der Waals surface area contributed by atoms with E-state index in [9.17, 15) is 4.79 Å². The first kappa shape index (κ1) is 10.3. The first-order valence-electron chi connectivity index (χ1n) is 5.47. The molecule has 2 heterocycles. The van der Waals surface area contributed by atoms with Gasteiger partial charge in [-0.3, -0.25) is 4.79 Å². The Bertz CT molecular complexity index is 570. The van der Waals surface area contributed by atoms with E-state index in [1.165, 1.54) is 4.88 Å². The second-order valence-electron chi connectivity index (χ2n) is 3.92. The number of nitrogens with one attached hydrogen (secondary N) is 1. The van der Waals surface area contributed by atoms with Crippen molar-refractivity contribution in [2.75, 3.05) is 0 Å². The van der Waals surface area contributed by atoms with Crippen molar-refractivity contribution >= 4 is 28.5 Å². The van der Waals surface area contributed by atoms with E-state index in [0.29, 0.717) is 6.42 Å². The molecule has 0 spiro atoms. The second kappa shape index (κ2) is 4.18. The van der Waals surface area contributed by atoms with Crippen LogP contribution >= 0.6 is 11.3 Å². The first-order valence-corrected chi connectivity index (χ1v) is 6.35. The molecule has 1 N–H and O–H groups in total. The molecule has 1 aromatic heterocycles. The van der Waals surface area contributed by atoms with Gasteiger partial charge in [0.2, 0.25) is 5.91 Å². The van der Waals surface area contributed by atoms with Crippen LogP contribution in [0.2, 0.25) is 0 Å². The summed E-state index contributed by atoms with van der Waals surface area (Å²) in [5.41, 5.74) is 3.14. The summed E-state index contributed by atoms with van der Waals surface area (Å²) in [7, 11) is 0. The average molecular weight is 241 g/mol. The molecular formula is C14H11NOS. The molecule has 84 valence electrons. The zero-order chi connectivity index (χ0) is 11.7. The summed E-state index contributed by atoms with van der Waals surface area (Å²) in [6.07, 6.45) is 0.477. The Morgan fingerprint density at radius 3 is 2.59 bits per heavy atom. The monoisotopic (exact) mass is 241 g/mol. The van der Waals surface area contributed by atoms with Gasteiger partial charge in [-0.05, 0) is 17.0 Å². The van der Waals surface area contributed by atoms with Crippen LogP contribution in [0, 0.1) is 0 Å². The molecule has 0 fully saturated rings. The summed E-state index contributed by atoms with van der Waals surface area (Å²) in [5, 5.41) is 4.99. The number of carbonyl (C=O) groups is 1. The van der Waals surface area contributed by atoms with E-state index in [-0.39, 0.29) is 5.91 Å². The van der Waals surface area contributed by atoms with Gasteiger partial charge in [0.25, 0.3) is 0 Å². The van der Waals surface area contributed by atoms with Crippen molar-refractivity contribution in [3.63, 3.8) is 0 Å². The van der Waals surface area contributed by atoms with Crippen molar-refractivity contribution in [2.24, 2.45) is 0 Å². The fourth-order valence-electron chi connectivity index (χ4n) is 2.02. The van der Waals surface area contributed by atoms with Crippen LogP contribution in [-0.2, 0) is 4.79 Å². The smallest absolute Gasteiger partial charge is 0.228 e. The highest BCUT2D eigenvalue weighted by atomic mass is 32.1. The van der Waals surface area contributed by atoms with Crippen LogP contribution < -0.4 is 5.32 Å². The molecule has 0 unspecified atom stereocenters. The third-order valence-corrected chi connectivity index (χ3v) is 3.71. The van der Waals surface area contributed by atoms with Crippen LogP contribution in [0.3, 0.4) is 0 Å². The second-order valence-corrected chi connectivity index (χ2v) is 4.87. The minimum absolute atomic E-state index is 0.0762. The quantitative estimate of drug-likeness (QED) is 0.859. The number of thiophene rings is 1. The Morgan fingerprint density at radius 2 is 1.88 bits per heavy atom. The highest BCUT2D eigenvalue weighted by Crippen LogP contribution is 2.33. The van der Waals surface area contributed by atoms with Gasteiger partial charge in [-0.2, -0.15) is 0 Å². The topological polar surface area (TPSA) is 29.1 Å². The number of benzene rings is 1. The van der Waals surface area contributed by atoms with Gasteiger partial charge >= 0.3 is 0 Å². The van der Waals surface area contributed by atoms with Gasteiger partial charge in [0, 0.05) is 10.5 Å². The van der Waals surface area contributed by atoms with E-state index in [2.05, 4.69) is 11.4 Å². The predicted molar refractivity (Wildman–Crippen MR) is 70.3 cm³/mol. The minimum Gasteiger partial charge on any atom is -0.325 e. The number of rotatable bonds is 2. The summed E-state index contributed by atoms with van der Waals surface area (Å²) < 4.78 is 0. The molecule has 2 nitrogen and oxygen atoms in total. The number of hydrogen-bond acceptors (Lipinski definition) is 2. The predicted octanol–water partition coefficient (Wildman–Crippen LogP) is 3.14. The van der Waals surface area contributed by atoms with E-state index < -0.39 is 0 Å². The van der Waals surface area contributed by atoms with Gasteiger partial charge in [-0.15, -0.1) is 11.3 Å². The summed E-state index contributed by atoms with van der Waals surface area (Å²) in [6, 6.07) is 14.1. The Labute approximate surface area is 104 Å². The highest BCUT2D eigenvalue weighted by molar-refractivity contribution is 7.11. The molecule has 0 radical (unpaired) electrons. The zero-order valence-corrected chi connectivity index (χ0v) is 9.96. The minimum atomic E-state index is 0.0762. The molecule has 2 aromatic rings. The van der Waals surface area contributed by atoms with Crippen LogP contribution in [0.4, 0.5) is 0 Å². The fourth-order valence-corrected chi connectivity index (χ4v) is 2.80. The fraction of sp³-hybridized carbons (Fsp3) is 0.0714. The highest BCUT2D eigenvalue weighted by Gasteiger charge is 2.23. The number of hydrogen-bond donors (Lipinski definition) is 1. The van der Waals surface area contributed by atoms with Crippen molar-refractivity contribution in [2.45, 2.75) is 6.42 Å². The molecule has 3 rings (SSSR count). The summed E-state index contributed by atoms with van der Waals surface area (Å²) in [6.45, 7) is 0. The standard InChI is InChI=1S/C14H11NOS/c16-13-9-11(12-7-4-8-17-12)14(15-13)10-5-2-1-3-6-10/h1-8H,9H2,(H,15,16). The van der Waals surface area contributed by atoms with E-state index in [1.807, 2.05) is 41.8 Å². The summed E-state index contributed by atoms with van der Waals surface area (Å²) >= 11 is 1.67. The van der Waals surface area contributed by atoms with Crippen LogP contribution in [0.5, 0.6) is 0 Å². The van der Waals surface area contributed by atoms with Gasteiger partial charge in [0.05, 0.1) is 12.1 Å². The lowest BCUT2D eigenvalue weighted by atomic mass is 10.1. The average Bonchev–Trinajstić information content (AvgIpc) is 2.98. The maximum Gasteiger partial charge on any atom is 0.228 e. The molecule has 17 heavy (non-hydrogen) atoms. The largest absolute Gasteiger partial charge is 0.325 e. The molecule has 0 aliphatic carbocycles. The van der Waals surface area contributed by atoms with Gasteiger partial charge in [-0.25, -0.2) is 0 Å². The molecule has 0 atom stereocenters. The van der Waals surface area contributed by atoms with Crippen LogP contribution in [-0.4, -0.2) is 5.91 Å². The maximum atomic E-state index is 11.6. The molecule has 0 saturated heterocycles. The van der Waals surface area contributed by atoms with E-state index in [4.69, 9.17) is 0 Å². The molecule has 1 aliphatic rings. The van der Waals surface area contributed by atoms with E-state index in [1.54, 1.807) is 11.3 Å². The number of carbonyl (C=O) groups excluding carboxylic acids is 1. The zero-order valence-electron chi connectivity index (χ0n) is 9.14. The number of amides is 1. The molecule has 1 aliphatic heterocycles. The third kappa shape index (κ3) is 1.89. The van der Waals surface area contributed by atoms with Crippen molar-refractivity contribution in [3.8, 4) is 0 Å². The van der Waals surface area contributed by atoms with Crippen LogP contribution in [0.1, 0.15) is 16.9 Å². The SMILES string of the molecule is O=C1CC(c2cccs2)=C(c2ccccc2)N1. The first-order chi connectivity index (χ1) is 8.34. The molecule has 0 bridgehead atoms. The molecule has 3 heteroatoms. The molecule has 1 amide bonds. The van der Waals surface area contributed by atoms with Gasteiger partial charge in [-0.1, -0.05) is 36.4 Å². The lowest BCUT2D eigenvalue weighted by molar-refractivity contribution is -0.118. The Kier molecular flexibility index (Phi) is 2.53. The normalized spacial score (nSPS) is 15.2. The molecular weight excluding hydrogens is 230 g/mol. The Hall–Kier alpha value is -1.87. The lowest BCUT2D eigenvalue weighted by Crippen LogP contribution is -2.13. The summed E-state index contributed by atoms with van der Waals surface area (Å²) in [4.78, 5) is 12.8. The third-order valence-electron chi connectivity index (χ3n) is 2.78. The maximum absolute atomic E-state index is 11.6. The Morgan fingerprint density at radius 1 is 1.06 bits per heavy atom. The van der Waals surface area contributed by atoms with Crippen molar-refractivity contribution in [1.82, 2.24) is 5.32 Å². The Balaban J connectivity index is 2.11. The van der Waals surface area contributed by atoms with E-state index in [0.717, 1.165) is 16.8 Å². The van der Waals surface area contributed by atoms with Crippen LogP contribution in [0.25, 0.3) is 11.3 Å². The van der Waals surface area contributed by atoms with Crippen molar-refractivity contribution in [3.05, 3.63) is 58.3 Å².